The molecule has 0 aliphatic carbocycles. The van der Waals surface area contributed by atoms with E-state index in [2.05, 4.69) is 29.4 Å². The standard InChI is InChI=1S/C8H13N3OS2/c1-6(2)3-9-7(12)4-13-8-11-10-5-14-8/h5-6H,3-4H2,1-2H3,(H,9,12). The van der Waals surface area contributed by atoms with Crippen molar-refractivity contribution in [2.45, 2.75) is 18.2 Å². The third kappa shape index (κ3) is 4.57. The molecule has 0 radical (unpaired) electrons. The van der Waals surface area contributed by atoms with Gasteiger partial charge in [0.15, 0.2) is 4.34 Å². The lowest BCUT2D eigenvalue weighted by Gasteiger charge is -2.05. The van der Waals surface area contributed by atoms with Crippen LogP contribution in [0.1, 0.15) is 13.8 Å². The van der Waals surface area contributed by atoms with Crippen molar-refractivity contribution in [2.24, 2.45) is 5.92 Å². The van der Waals surface area contributed by atoms with Gasteiger partial charge in [-0.1, -0.05) is 36.9 Å². The lowest BCUT2D eigenvalue weighted by Crippen LogP contribution is -2.28. The molecule has 0 bridgehead atoms. The maximum absolute atomic E-state index is 11.3. The highest BCUT2D eigenvalue weighted by atomic mass is 32.2. The quantitative estimate of drug-likeness (QED) is 0.778. The highest BCUT2D eigenvalue weighted by Crippen LogP contribution is 2.17. The molecule has 0 atom stereocenters. The highest BCUT2D eigenvalue weighted by molar-refractivity contribution is 8.01. The summed E-state index contributed by atoms with van der Waals surface area (Å²) in [5.41, 5.74) is 1.66. The lowest BCUT2D eigenvalue weighted by atomic mass is 10.2. The normalized spacial score (nSPS) is 10.5. The van der Waals surface area contributed by atoms with Gasteiger partial charge in [0.1, 0.15) is 5.51 Å². The summed E-state index contributed by atoms with van der Waals surface area (Å²) in [4.78, 5) is 11.3. The summed E-state index contributed by atoms with van der Waals surface area (Å²) in [5, 5.41) is 10.4. The molecule has 1 amide bonds. The molecule has 1 aromatic heterocycles. The number of amides is 1. The van der Waals surface area contributed by atoms with Gasteiger partial charge in [0, 0.05) is 6.54 Å². The van der Waals surface area contributed by atoms with Crippen molar-refractivity contribution in [3.63, 3.8) is 0 Å². The van der Waals surface area contributed by atoms with Crippen molar-refractivity contribution in [3.05, 3.63) is 5.51 Å². The summed E-state index contributed by atoms with van der Waals surface area (Å²) in [7, 11) is 0. The summed E-state index contributed by atoms with van der Waals surface area (Å²) in [6.45, 7) is 4.87. The van der Waals surface area contributed by atoms with Crippen molar-refractivity contribution >= 4 is 29.0 Å². The van der Waals surface area contributed by atoms with E-state index < -0.39 is 0 Å². The third-order valence-corrected chi connectivity index (χ3v) is 3.23. The van der Waals surface area contributed by atoms with Crippen LogP contribution in [0.25, 0.3) is 0 Å². The van der Waals surface area contributed by atoms with E-state index in [1.165, 1.54) is 23.1 Å². The smallest absolute Gasteiger partial charge is 0.230 e. The van der Waals surface area contributed by atoms with E-state index in [1.807, 2.05) is 0 Å². The number of carbonyl (C=O) groups is 1. The van der Waals surface area contributed by atoms with Gasteiger partial charge in [0.2, 0.25) is 5.91 Å². The van der Waals surface area contributed by atoms with Gasteiger partial charge < -0.3 is 5.32 Å². The van der Waals surface area contributed by atoms with Crippen molar-refractivity contribution in [1.29, 1.82) is 0 Å². The molecule has 0 spiro atoms. The molecule has 6 heteroatoms. The van der Waals surface area contributed by atoms with Gasteiger partial charge in [-0.05, 0) is 5.92 Å². The minimum atomic E-state index is 0.0545. The third-order valence-electron chi connectivity index (χ3n) is 1.37. The van der Waals surface area contributed by atoms with Crippen molar-refractivity contribution < 1.29 is 4.79 Å². The second-order valence-electron chi connectivity index (χ2n) is 3.19. The monoisotopic (exact) mass is 231 g/mol. The molecule has 0 aromatic carbocycles. The number of rotatable bonds is 5. The van der Waals surface area contributed by atoms with Crippen LogP contribution < -0.4 is 5.32 Å². The number of aromatic nitrogens is 2. The average molecular weight is 231 g/mol. The Morgan fingerprint density at radius 2 is 2.50 bits per heavy atom. The number of thioether (sulfide) groups is 1. The first-order chi connectivity index (χ1) is 6.68. The molecule has 0 fully saturated rings. The van der Waals surface area contributed by atoms with Crippen LogP contribution in [0.5, 0.6) is 0 Å². The van der Waals surface area contributed by atoms with E-state index in [-0.39, 0.29) is 5.91 Å². The van der Waals surface area contributed by atoms with Gasteiger partial charge >= 0.3 is 0 Å². The zero-order valence-electron chi connectivity index (χ0n) is 8.19. The summed E-state index contributed by atoms with van der Waals surface area (Å²) in [5.74, 6) is 0.964. The molecule has 0 saturated heterocycles. The fraction of sp³-hybridized carbons (Fsp3) is 0.625. The Balaban J connectivity index is 2.15. The highest BCUT2D eigenvalue weighted by Gasteiger charge is 2.04. The van der Waals surface area contributed by atoms with Crippen LogP contribution in [0.2, 0.25) is 0 Å². The molecule has 78 valence electrons. The molecule has 0 saturated carbocycles. The first kappa shape index (κ1) is 11.5. The largest absolute Gasteiger partial charge is 0.355 e. The van der Waals surface area contributed by atoms with E-state index >= 15 is 0 Å². The average Bonchev–Trinajstić information content (AvgIpc) is 2.63. The molecule has 4 nitrogen and oxygen atoms in total. The molecule has 1 N–H and O–H groups in total. The first-order valence-electron chi connectivity index (χ1n) is 4.34. The maximum atomic E-state index is 11.3. The van der Waals surface area contributed by atoms with E-state index in [0.717, 1.165) is 10.9 Å². The number of nitrogens with one attached hydrogen (secondary N) is 1. The zero-order valence-corrected chi connectivity index (χ0v) is 9.82. The Kier molecular flexibility index (Phi) is 4.89. The molecule has 0 aliphatic heterocycles. The maximum Gasteiger partial charge on any atom is 0.230 e. The van der Waals surface area contributed by atoms with Crippen molar-refractivity contribution in [2.75, 3.05) is 12.3 Å². The molecule has 14 heavy (non-hydrogen) atoms. The lowest BCUT2D eigenvalue weighted by molar-refractivity contribution is -0.118. The van der Waals surface area contributed by atoms with Crippen LogP contribution in [0, 0.1) is 5.92 Å². The van der Waals surface area contributed by atoms with Crippen LogP contribution in [0.4, 0.5) is 0 Å². The Labute approximate surface area is 91.5 Å². The molecule has 0 aliphatic rings. The van der Waals surface area contributed by atoms with Gasteiger partial charge in [0.05, 0.1) is 5.75 Å². The second kappa shape index (κ2) is 5.98. The van der Waals surface area contributed by atoms with Crippen molar-refractivity contribution in [3.8, 4) is 0 Å². The minimum absolute atomic E-state index is 0.0545. The van der Waals surface area contributed by atoms with Gasteiger partial charge in [0.25, 0.3) is 0 Å². The van der Waals surface area contributed by atoms with Gasteiger partial charge in [-0.2, -0.15) is 0 Å². The first-order valence-corrected chi connectivity index (χ1v) is 6.20. The minimum Gasteiger partial charge on any atom is -0.355 e. The Hall–Kier alpha value is -0.620. The fourth-order valence-electron chi connectivity index (χ4n) is 0.722. The number of nitrogens with zero attached hydrogens (tertiary/aromatic N) is 2. The summed E-state index contributed by atoms with van der Waals surface area (Å²) in [6, 6.07) is 0. The van der Waals surface area contributed by atoms with Gasteiger partial charge in [-0.3, -0.25) is 4.79 Å². The molecular weight excluding hydrogens is 218 g/mol. The molecule has 0 unspecified atom stereocenters. The number of carbonyl (C=O) groups excluding carboxylic acids is 1. The van der Waals surface area contributed by atoms with Gasteiger partial charge in [-0.25, -0.2) is 0 Å². The van der Waals surface area contributed by atoms with Crippen molar-refractivity contribution in [1.82, 2.24) is 15.5 Å². The van der Waals surface area contributed by atoms with Gasteiger partial charge in [-0.15, -0.1) is 10.2 Å². The topological polar surface area (TPSA) is 54.9 Å². The summed E-state index contributed by atoms with van der Waals surface area (Å²) >= 11 is 2.87. The predicted molar refractivity (Wildman–Crippen MR) is 58.5 cm³/mol. The summed E-state index contributed by atoms with van der Waals surface area (Å²) in [6.07, 6.45) is 0. The van der Waals surface area contributed by atoms with Crippen LogP contribution in [0.3, 0.4) is 0 Å². The summed E-state index contributed by atoms with van der Waals surface area (Å²) < 4.78 is 0.838. The second-order valence-corrected chi connectivity index (χ2v) is 5.25. The van der Waals surface area contributed by atoms with E-state index in [1.54, 1.807) is 5.51 Å². The van der Waals surface area contributed by atoms with Crippen LogP contribution >= 0.6 is 23.1 Å². The van der Waals surface area contributed by atoms with Crippen LogP contribution in [-0.2, 0) is 4.79 Å². The Morgan fingerprint density at radius 1 is 1.71 bits per heavy atom. The Morgan fingerprint density at radius 3 is 3.07 bits per heavy atom. The van der Waals surface area contributed by atoms with Crippen LogP contribution in [-0.4, -0.2) is 28.4 Å². The fourth-order valence-corrected chi connectivity index (χ4v) is 2.04. The predicted octanol–water partition coefficient (Wildman–Crippen LogP) is 1.40. The number of hydrogen-bond acceptors (Lipinski definition) is 5. The molecular formula is C8H13N3OS2. The zero-order chi connectivity index (χ0) is 10.4. The number of hydrogen-bond donors (Lipinski definition) is 1. The van der Waals surface area contributed by atoms with E-state index in [9.17, 15) is 4.79 Å². The van der Waals surface area contributed by atoms with E-state index in [4.69, 9.17) is 0 Å². The van der Waals surface area contributed by atoms with E-state index in [0.29, 0.717) is 11.7 Å². The molecule has 1 heterocycles. The molecule has 1 aromatic rings. The Bertz CT molecular complexity index is 274. The molecule has 1 rings (SSSR count). The SMILES string of the molecule is CC(C)CNC(=O)CSc1nncs1. The van der Waals surface area contributed by atoms with Crippen LogP contribution in [0.15, 0.2) is 9.85 Å².